The third-order valence-electron chi connectivity index (χ3n) is 2.32. The molecule has 1 heteroatoms. The van der Waals surface area contributed by atoms with E-state index in [4.69, 9.17) is 4.79 Å². The lowest BCUT2D eigenvalue weighted by Gasteiger charge is -2.04. The van der Waals surface area contributed by atoms with Crippen LogP contribution in [0.2, 0.25) is 0 Å². The van der Waals surface area contributed by atoms with Crippen molar-refractivity contribution in [3.8, 4) is 0 Å². The number of aryl methyl sites for hydroxylation is 2. The Morgan fingerprint density at radius 3 is 1.64 bits per heavy atom. The van der Waals surface area contributed by atoms with Crippen LogP contribution in [0, 0.1) is 13.8 Å². The van der Waals surface area contributed by atoms with Crippen LogP contribution in [0.5, 0.6) is 0 Å². The molecule has 0 amide bonds. The van der Waals surface area contributed by atoms with Crippen LogP contribution in [0.1, 0.15) is 11.1 Å². The zero-order chi connectivity index (χ0) is 10.6. The van der Waals surface area contributed by atoms with Crippen molar-refractivity contribution in [3.63, 3.8) is 0 Å². The topological polar surface area (TPSA) is 17.1 Å². The summed E-state index contributed by atoms with van der Waals surface area (Å²) in [7, 11) is 0. The Kier molecular flexibility index (Phi) is 3.41. The Bertz CT molecular complexity index is 395. The maximum absolute atomic E-state index is 8.00. The van der Waals surface area contributed by atoms with E-state index in [1.807, 2.05) is 6.79 Å². The van der Waals surface area contributed by atoms with Crippen LogP contribution in [0.3, 0.4) is 0 Å². The average Bonchev–Trinajstić information content (AvgIpc) is 2.21. The summed E-state index contributed by atoms with van der Waals surface area (Å²) in [6.45, 7) is 6.32. The van der Waals surface area contributed by atoms with Gasteiger partial charge in [0, 0.05) is 0 Å². The maximum atomic E-state index is 8.00. The van der Waals surface area contributed by atoms with E-state index >= 15 is 0 Å². The Morgan fingerprint density at radius 2 is 1.29 bits per heavy atom. The van der Waals surface area contributed by atoms with Gasteiger partial charge in [-0.3, -0.25) is 0 Å². The van der Waals surface area contributed by atoms with Crippen molar-refractivity contribution in [2.75, 3.05) is 0 Å². The number of carbonyl (C=O) groups excluding carboxylic acids is 1. The van der Waals surface area contributed by atoms with Crippen LogP contribution in [0.15, 0.2) is 36.4 Å². The van der Waals surface area contributed by atoms with Gasteiger partial charge in [-0.05, 0) is 35.7 Å². The molecule has 0 unspecified atom stereocenters. The fourth-order valence-corrected chi connectivity index (χ4v) is 1.75. The molecule has 0 atom stereocenters. The van der Waals surface area contributed by atoms with Gasteiger partial charge in [0.05, 0.1) is 0 Å². The smallest absolute Gasteiger partial charge is 0.106 e. The highest BCUT2D eigenvalue weighted by Gasteiger charge is 1.97. The van der Waals surface area contributed by atoms with E-state index in [0.717, 1.165) is 0 Å². The molecule has 2 aromatic carbocycles. The molecule has 0 aliphatic rings. The summed E-state index contributed by atoms with van der Waals surface area (Å²) in [4.78, 5) is 8.00. The average molecular weight is 186 g/mol. The number of hydrogen-bond acceptors (Lipinski definition) is 1. The minimum Gasteiger partial charge on any atom is -0.307 e. The Morgan fingerprint density at radius 1 is 0.857 bits per heavy atom. The highest BCUT2D eigenvalue weighted by Crippen LogP contribution is 2.21. The minimum atomic E-state index is 1.34. The van der Waals surface area contributed by atoms with E-state index in [1.54, 1.807) is 0 Å². The molecule has 2 aromatic rings. The van der Waals surface area contributed by atoms with Crippen molar-refractivity contribution >= 4 is 17.6 Å². The van der Waals surface area contributed by atoms with Crippen molar-refractivity contribution in [1.29, 1.82) is 0 Å². The third-order valence-corrected chi connectivity index (χ3v) is 2.32. The number of benzene rings is 2. The lowest BCUT2D eigenvalue weighted by atomic mass is 10.0. The number of carbonyl (C=O) groups is 1. The fourth-order valence-electron chi connectivity index (χ4n) is 1.75. The molecule has 0 aliphatic heterocycles. The van der Waals surface area contributed by atoms with Crippen molar-refractivity contribution < 1.29 is 4.79 Å². The lowest BCUT2D eigenvalue weighted by molar-refractivity contribution is -0.0979. The molecule has 0 spiro atoms. The molecule has 72 valence electrons. The van der Waals surface area contributed by atoms with Gasteiger partial charge in [0.15, 0.2) is 0 Å². The fraction of sp³-hybridized carbons (Fsp3) is 0.154. The standard InChI is InChI=1S/C12H12.CH2O/c1-9-5-3-7-11-8-4-6-10(2)12(9)11;1-2/h3-8H,1-2H3;1H2. The Balaban J connectivity index is 0.000000461. The molecule has 0 N–H and O–H groups in total. The highest BCUT2D eigenvalue weighted by atomic mass is 16.1. The zero-order valence-corrected chi connectivity index (χ0v) is 8.58. The second-order valence-corrected chi connectivity index (χ2v) is 3.25. The first kappa shape index (κ1) is 10.5. The predicted molar refractivity (Wildman–Crippen MR) is 60.5 cm³/mol. The SMILES string of the molecule is C=O.Cc1cccc2cccc(C)c12. The monoisotopic (exact) mass is 186 g/mol. The molecule has 0 fully saturated rings. The van der Waals surface area contributed by atoms with Crippen LogP contribution in [0.25, 0.3) is 10.8 Å². The molecule has 0 radical (unpaired) electrons. The zero-order valence-electron chi connectivity index (χ0n) is 8.58. The van der Waals surface area contributed by atoms with Crippen molar-refractivity contribution in [3.05, 3.63) is 47.5 Å². The number of fused-ring (bicyclic) bond motifs is 1. The van der Waals surface area contributed by atoms with Crippen LogP contribution in [-0.4, -0.2) is 6.79 Å². The number of rotatable bonds is 0. The molecule has 0 saturated heterocycles. The molecule has 14 heavy (non-hydrogen) atoms. The van der Waals surface area contributed by atoms with Gasteiger partial charge in [-0.1, -0.05) is 36.4 Å². The normalized spacial score (nSPS) is 9.29. The summed E-state index contributed by atoms with van der Waals surface area (Å²) in [6, 6.07) is 12.9. The van der Waals surface area contributed by atoms with E-state index in [0.29, 0.717) is 0 Å². The predicted octanol–water partition coefficient (Wildman–Crippen LogP) is 3.27. The van der Waals surface area contributed by atoms with E-state index < -0.39 is 0 Å². The molecule has 0 aromatic heterocycles. The van der Waals surface area contributed by atoms with Crippen LogP contribution < -0.4 is 0 Å². The van der Waals surface area contributed by atoms with E-state index in [-0.39, 0.29) is 0 Å². The van der Waals surface area contributed by atoms with Crippen molar-refractivity contribution in [2.45, 2.75) is 13.8 Å². The van der Waals surface area contributed by atoms with Crippen LogP contribution in [-0.2, 0) is 4.79 Å². The van der Waals surface area contributed by atoms with Gasteiger partial charge >= 0.3 is 0 Å². The molecule has 0 bridgehead atoms. The Labute approximate surface area is 84.4 Å². The highest BCUT2D eigenvalue weighted by molar-refractivity contribution is 5.88. The van der Waals surface area contributed by atoms with Gasteiger partial charge in [-0.2, -0.15) is 0 Å². The quantitative estimate of drug-likeness (QED) is 0.617. The van der Waals surface area contributed by atoms with Crippen LogP contribution >= 0.6 is 0 Å². The van der Waals surface area contributed by atoms with Gasteiger partial charge in [0.2, 0.25) is 0 Å². The van der Waals surface area contributed by atoms with E-state index in [9.17, 15) is 0 Å². The molecule has 0 heterocycles. The van der Waals surface area contributed by atoms with Gasteiger partial charge in [0.1, 0.15) is 6.79 Å². The molecule has 2 rings (SSSR count). The second kappa shape index (κ2) is 4.56. The first-order valence-corrected chi connectivity index (χ1v) is 4.53. The van der Waals surface area contributed by atoms with Gasteiger partial charge in [-0.15, -0.1) is 0 Å². The Hall–Kier alpha value is -1.63. The second-order valence-electron chi connectivity index (χ2n) is 3.25. The lowest BCUT2D eigenvalue weighted by Crippen LogP contribution is -1.81. The third kappa shape index (κ3) is 1.82. The van der Waals surface area contributed by atoms with E-state index in [2.05, 4.69) is 50.2 Å². The minimum absolute atomic E-state index is 1.34. The summed E-state index contributed by atoms with van der Waals surface area (Å²) in [5, 5.41) is 2.75. The summed E-state index contributed by atoms with van der Waals surface area (Å²) in [5.41, 5.74) is 2.73. The molecule has 0 saturated carbocycles. The molecular formula is C13H14O. The molecular weight excluding hydrogens is 172 g/mol. The first-order chi connectivity index (χ1) is 6.79. The molecule has 1 nitrogen and oxygen atoms in total. The summed E-state index contributed by atoms with van der Waals surface area (Å²) < 4.78 is 0. The maximum Gasteiger partial charge on any atom is 0.106 e. The van der Waals surface area contributed by atoms with Gasteiger partial charge in [-0.25, -0.2) is 0 Å². The van der Waals surface area contributed by atoms with Gasteiger partial charge in [0.25, 0.3) is 0 Å². The van der Waals surface area contributed by atoms with Crippen molar-refractivity contribution in [2.24, 2.45) is 0 Å². The molecule has 0 aliphatic carbocycles. The van der Waals surface area contributed by atoms with E-state index in [1.165, 1.54) is 21.9 Å². The summed E-state index contributed by atoms with van der Waals surface area (Å²) in [6.07, 6.45) is 0. The summed E-state index contributed by atoms with van der Waals surface area (Å²) in [5.74, 6) is 0. The largest absolute Gasteiger partial charge is 0.307 e. The number of hydrogen-bond donors (Lipinski definition) is 0. The summed E-state index contributed by atoms with van der Waals surface area (Å²) >= 11 is 0. The first-order valence-electron chi connectivity index (χ1n) is 4.53. The van der Waals surface area contributed by atoms with Crippen LogP contribution in [0.4, 0.5) is 0 Å². The van der Waals surface area contributed by atoms with Gasteiger partial charge < -0.3 is 4.79 Å². The van der Waals surface area contributed by atoms with Crippen molar-refractivity contribution in [1.82, 2.24) is 0 Å².